The summed E-state index contributed by atoms with van der Waals surface area (Å²) >= 11 is 15.3. The second kappa shape index (κ2) is 6.78. The smallest absolute Gasteiger partial charge is 0.202 e. The Bertz CT molecular complexity index is 510. The highest BCUT2D eigenvalue weighted by molar-refractivity contribution is 9.12. The molecule has 0 spiro atoms. The molecule has 19 heavy (non-hydrogen) atoms. The van der Waals surface area contributed by atoms with E-state index >= 15 is 0 Å². The van der Waals surface area contributed by atoms with Gasteiger partial charge < -0.3 is 4.90 Å². The number of carbonyl (C=O) groups excluding carboxylic acids is 1. The van der Waals surface area contributed by atoms with E-state index in [1.165, 1.54) is 19.3 Å². The fourth-order valence-corrected chi connectivity index (χ4v) is 2.96. The molecule has 0 saturated carbocycles. The van der Waals surface area contributed by atoms with Crippen LogP contribution >= 0.6 is 39.1 Å². The van der Waals surface area contributed by atoms with Gasteiger partial charge in [0.1, 0.15) is 0 Å². The Hall–Kier alpha value is -0.510. The van der Waals surface area contributed by atoms with E-state index in [0.29, 0.717) is 20.1 Å². The molecular formula is C14H14BrCl2NO. The van der Waals surface area contributed by atoms with Crippen molar-refractivity contribution in [1.29, 1.82) is 0 Å². The molecule has 0 aliphatic carbocycles. The fraction of sp³-hybridized carbons (Fsp3) is 0.357. The number of likely N-dealkylation sites (tertiary alicyclic amines) is 1. The quantitative estimate of drug-likeness (QED) is 0.563. The first-order chi connectivity index (χ1) is 9.09. The average molecular weight is 363 g/mol. The Labute approximate surface area is 131 Å². The van der Waals surface area contributed by atoms with Gasteiger partial charge in [0, 0.05) is 24.9 Å². The van der Waals surface area contributed by atoms with Crippen molar-refractivity contribution in [3.63, 3.8) is 0 Å². The van der Waals surface area contributed by atoms with Crippen LogP contribution in [0.4, 0.5) is 0 Å². The van der Waals surface area contributed by atoms with Gasteiger partial charge in [-0.3, -0.25) is 4.79 Å². The number of piperidine rings is 1. The zero-order valence-electron chi connectivity index (χ0n) is 10.3. The topological polar surface area (TPSA) is 20.3 Å². The van der Waals surface area contributed by atoms with E-state index in [2.05, 4.69) is 20.8 Å². The second-order valence-electron chi connectivity index (χ2n) is 4.50. The van der Waals surface area contributed by atoms with Gasteiger partial charge in [0.25, 0.3) is 0 Å². The van der Waals surface area contributed by atoms with Gasteiger partial charge in [0.2, 0.25) is 5.78 Å². The first kappa shape index (κ1) is 14.9. The van der Waals surface area contributed by atoms with Crippen molar-refractivity contribution in [2.45, 2.75) is 19.3 Å². The van der Waals surface area contributed by atoms with Crippen LogP contribution in [-0.4, -0.2) is 23.8 Å². The number of ketones is 1. The number of Topliss-reactive ketones (excluding diaryl/α,β-unsaturated/α-hetero) is 1. The van der Waals surface area contributed by atoms with Crippen molar-refractivity contribution in [3.8, 4) is 0 Å². The van der Waals surface area contributed by atoms with Crippen LogP contribution in [0.2, 0.25) is 10.0 Å². The van der Waals surface area contributed by atoms with Gasteiger partial charge in [-0.1, -0.05) is 29.3 Å². The lowest BCUT2D eigenvalue weighted by molar-refractivity contribution is 0.104. The Kier molecular flexibility index (Phi) is 5.31. The molecule has 0 radical (unpaired) electrons. The van der Waals surface area contributed by atoms with Crippen molar-refractivity contribution in [1.82, 2.24) is 4.90 Å². The van der Waals surface area contributed by atoms with Crippen molar-refractivity contribution in [3.05, 3.63) is 44.5 Å². The Balaban J connectivity index is 2.18. The van der Waals surface area contributed by atoms with Gasteiger partial charge in [-0.05, 0) is 47.3 Å². The maximum absolute atomic E-state index is 12.3. The van der Waals surface area contributed by atoms with E-state index in [-0.39, 0.29) is 5.78 Å². The molecule has 1 aliphatic heterocycles. The molecule has 1 fully saturated rings. The van der Waals surface area contributed by atoms with E-state index in [1.807, 2.05) is 6.20 Å². The number of carbonyl (C=O) groups is 1. The molecule has 1 aromatic rings. The number of rotatable bonds is 3. The Morgan fingerprint density at radius 2 is 1.89 bits per heavy atom. The lowest BCUT2D eigenvalue weighted by Gasteiger charge is -2.25. The molecule has 1 heterocycles. The summed E-state index contributed by atoms with van der Waals surface area (Å²) < 4.78 is 0.513. The van der Waals surface area contributed by atoms with Gasteiger partial charge in [-0.15, -0.1) is 0 Å². The predicted octanol–water partition coefficient (Wildman–Crippen LogP) is 4.90. The summed E-state index contributed by atoms with van der Waals surface area (Å²) in [5, 5.41) is 0.698. The lowest BCUT2D eigenvalue weighted by atomic mass is 10.1. The molecule has 0 N–H and O–H groups in total. The van der Waals surface area contributed by atoms with Gasteiger partial charge in [-0.2, -0.15) is 0 Å². The van der Waals surface area contributed by atoms with E-state index in [0.717, 1.165) is 13.1 Å². The highest BCUT2D eigenvalue weighted by atomic mass is 79.9. The van der Waals surface area contributed by atoms with E-state index < -0.39 is 0 Å². The molecule has 2 nitrogen and oxygen atoms in total. The minimum Gasteiger partial charge on any atom is -0.376 e. The number of benzene rings is 1. The van der Waals surface area contributed by atoms with Crippen LogP contribution in [-0.2, 0) is 0 Å². The number of hydrogen-bond acceptors (Lipinski definition) is 2. The third-order valence-corrected chi connectivity index (χ3v) is 4.48. The van der Waals surface area contributed by atoms with Gasteiger partial charge in [-0.25, -0.2) is 0 Å². The molecule has 5 heteroatoms. The van der Waals surface area contributed by atoms with Crippen LogP contribution in [0.5, 0.6) is 0 Å². The molecule has 0 aromatic heterocycles. The number of halogens is 3. The highest BCUT2D eigenvalue weighted by Crippen LogP contribution is 2.28. The summed E-state index contributed by atoms with van der Waals surface area (Å²) in [6.07, 6.45) is 5.46. The van der Waals surface area contributed by atoms with Crippen molar-refractivity contribution in [2.75, 3.05) is 13.1 Å². The Morgan fingerprint density at radius 1 is 1.21 bits per heavy atom. The molecule has 1 aromatic carbocycles. The third-order valence-electron chi connectivity index (χ3n) is 3.10. The number of nitrogens with zero attached hydrogens (tertiary/aromatic N) is 1. The molecule has 2 rings (SSSR count). The van der Waals surface area contributed by atoms with E-state index in [4.69, 9.17) is 23.2 Å². The summed E-state index contributed by atoms with van der Waals surface area (Å²) in [6.45, 7) is 1.98. The largest absolute Gasteiger partial charge is 0.376 e. The van der Waals surface area contributed by atoms with Crippen molar-refractivity contribution < 1.29 is 4.79 Å². The minimum absolute atomic E-state index is 0.141. The summed E-state index contributed by atoms with van der Waals surface area (Å²) in [4.78, 5) is 14.5. The Morgan fingerprint density at radius 3 is 2.58 bits per heavy atom. The van der Waals surface area contributed by atoms with E-state index in [1.54, 1.807) is 18.2 Å². The van der Waals surface area contributed by atoms with Crippen LogP contribution < -0.4 is 0 Å². The molecular weight excluding hydrogens is 349 g/mol. The van der Waals surface area contributed by atoms with E-state index in [9.17, 15) is 4.79 Å². The zero-order chi connectivity index (χ0) is 13.8. The summed E-state index contributed by atoms with van der Waals surface area (Å²) in [5.74, 6) is -0.141. The van der Waals surface area contributed by atoms with Gasteiger partial charge in [0.15, 0.2) is 0 Å². The standard InChI is InChI=1S/C14H14BrCl2NO/c15-11(9-18-7-2-1-3-8-18)14(19)10-5-4-6-12(16)13(10)17/h4-6,9H,1-3,7-8H2/b11-9-. The lowest BCUT2D eigenvalue weighted by Crippen LogP contribution is -2.25. The maximum atomic E-state index is 12.3. The SMILES string of the molecule is O=C(/C(Br)=C/N1CCCCC1)c1cccc(Cl)c1Cl. The molecule has 0 bridgehead atoms. The van der Waals surface area contributed by atoms with Crippen LogP contribution in [0.15, 0.2) is 28.9 Å². The average Bonchev–Trinajstić information content (AvgIpc) is 2.42. The zero-order valence-corrected chi connectivity index (χ0v) is 13.4. The predicted molar refractivity (Wildman–Crippen MR) is 83.2 cm³/mol. The first-order valence-electron chi connectivity index (χ1n) is 6.19. The maximum Gasteiger partial charge on any atom is 0.202 e. The van der Waals surface area contributed by atoms with Gasteiger partial charge >= 0.3 is 0 Å². The number of allylic oxidation sites excluding steroid dienone is 1. The first-order valence-corrected chi connectivity index (χ1v) is 7.74. The molecule has 0 atom stereocenters. The summed E-state index contributed by atoms with van der Waals surface area (Å²) in [7, 11) is 0. The van der Waals surface area contributed by atoms with Crippen LogP contribution in [0.3, 0.4) is 0 Å². The summed E-state index contributed by atoms with van der Waals surface area (Å²) in [5.41, 5.74) is 0.425. The van der Waals surface area contributed by atoms with Crippen LogP contribution in [0.25, 0.3) is 0 Å². The summed E-state index contributed by atoms with van der Waals surface area (Å²) in [6, 6.07) is 5.08. The van der Waals surface area contributed by atoms with Gasteiger partial charge in [0.05, 0.1) is 14.5 Å². The number of hydrogen-bond donors (Lipinski definition) is 0. The monoisotopic (exact) mass is 361 g/mol. The molecule has 0 unspecified atom stereocenters. The van der Waals surface area contributed by atoms with Crippen molar-refractivity contribution in [2.24, 2.45) is 0 Å². The molecule has 0 amide bonds. The highest BCUT2D eigenvalue weighted by Gasteiger charge is 2.17. The van der Waals surface area contributed by atoms with Crippen LogP contribution in [0.1, 0.15) is 29.6 Å². The second-order valence-corrected chi connectivity index (χ2v) is 6.14. The normalized spacial score (nSPS) is 16.6. The molecule has 1 aliphatic rings. The van der Waals surface area contributed by atoms with Crippen LogP contribution in [0, 0.1) is 0 Å². The molecule has 1 saturated heterocycles. The fourth-order valence-electron chi connectivity index (χ4n) is 2.07. The third kappa shape index (κ3) is 3.74. The molecule has 102 valence electrons. The van der Waals surface area contributed by atoms with Crippen molar-refractivity contribution >= 4 is 44.9 Å². The minimum atomic E-state index is -0.141.